The van der Waals surface area contributed by atoms with Gasteiger partial charge in [-0.1, -0.05) is 12.1 Å². The quantitative estimate of drug-likeness (QED) is 0.912. The van der Waals surface area contributed by atoms with Crippen LogP contribution in [0.1, 0.15) is 30.7 Å². The number of hydrogen-bond donors (Lipinski definition) is 1. The summed E-state index contributed by atoms with van der Waals surface area (Å²) in [5.74, 6) is 2.31. The first-order chi connectivity index (χ1) is 12.3. The Morgan fingerprint density at radius 2 is 1.96 bits per heavy atom. The van der Waals surface area contributed by atoms with Crippen LogP contribution in [0.5, 0.6) is 5.75 Å². The van der Waals surface area contributed by atoms with Gasteiger partial charge in [0.15, 0.2) is 0 Å². The lowest BCUT2D eigenvalue weighted by Gasteiger charge is -2.35. The smallest absolute Gasteiger partial charge is 0.226 e. The Morgan fingerprint density at radius 3 is 2.68 bits per heavy atom. The minimum atomic E-state index is 0.152. The van der Waals surface area contributed by atoms with E-state index in [9.17, 15) is 4.79 Å². The molecular weight excluding hydrogens is 316 g/mol. The van der Waals surface area contributed by atoms with Gasteiger partial charge < -0.3 is 19.7 Å². The summed E-state index contributed by atoms with van der Waals surface area (Å²) < 4.78 is 10.7. The SMILES string of the molecule is COc1ccc([C@H]2CN(C(=O)C3CCOCC3)[C@@H]3CCNC[C@H]23)cc1. The molecule has 5 nitrogen and oxygen atoms in total. The van der Waals surface area contributed by atoms with E-state index in [2.05, 4.69) is 22.3 Å². The molecule has 0 spiro atoms. The molecule has 1 aromatic rings. The normalized spacial score (nSPS) is 30.1. The number of piperidine rings is 1. The number of methoxy groups -OCH3 is 1. The Kier molecular flexibility index (Phi) is 4.95. The number of benzene rings is 1. The minimum absolute atomic E-state index is 0.152. The molecule has 0 saturated carbocycles. The molecule has 136 valence electrons. The van der Waals surface area contributed by atoms with Crippen LogP contribution in [0.2, 0.25) is 0 Å². The highest BCUT2D eigenvalue weighted by atomic mass is 16.5. The third-order valence-electron chi connectivity index (χ3n) is 6.20. The fourth-order valence-electron chi connectivity index (χ4n) is 4.79. The molecule has 3 fully saturated rings. The Bertz CT molecular complexity index is 597. The summed E-state index contributed by atoms with van der Waals surface area (Å²) in [6.45, 7) is 4.30. The molecule has 25 heavy (non-hydrogen) atoms. The van der Waals surface area contributed by atoms with Crippen molar-refractivity contribution < 1.29 is 14.3 Å². The second-order valence-corrected chi connectivity index (χ2v) is 7.48. The Hall–Kier alpha value is -1.59. The van der Waals surface area contributed by atoms with Gasteiger partial charge in [-0.25, -0.2) is 0 Å². The molecule has 3 saturated heterocycles. The lowest BCUT2D eigenvalue weighted by Crippen LogP contribution is -2.48. The number of nitrogens with one attached hydrogen (secondary N) is 1. The minimum Gasteiger partial charge on any atom is -0.497 e. The molecule has 1 amide bonds. The molecule has 0 radical (unpaired) electrons. The average molecular weight is 344 g/mol. The van der Waals surface area contributed by atoms with E-state index in [1.807, 2.05) is 12.1 Å². The molecule has 3 atom stereocenters. The number of likely N-dealkylation sites (tertiary alicyclic amines) is 1. The Labute approximate surface area is 149 Å². The summed E-state index contributed by atoms with van der Waals surface area (Å²) in [4.78, 5) is 15.4. The predicted molar refractivity (Wildman–Crippen MR) is 95.8 cm³/mol. The van der Waals surface area contributed by atoms with Gasteiger partial charge in [-0.05, 0) is 43.5 Å². The van der Waals surface area contributed by atoms with Crippen molar-refractivity contribution >= 4 is 5.91 Å². The average Bonchev–Trinajstić information content (AvgIpc) is 3.08. The summed E-state index contributed by atoms with van der Waals surface area (Å²) in [5, 5.41) is 3.53. The van der Waals surface area contributed by atoms with Gasteiger partial charge >= 0.3 is 0 Å². The van der Waals surface area contributed by atoms with E-state index in [-0.39, 0.29) is 5.92 Å². The summed E-state index contributed by atoms with van der Waals surface area (Å²) in [6, 6.07) is 8.77. The maximum atomic E-state index is 13.2. The van der Waals surface area contributed by atoms with Crippen LogP contribution in [0, 0.1) is 11.8 Å². The largest absolute Gasteiger partial charge is 0.497 e. The molecule has 3 aliphatic rings. The van der Waals surface area contributed by atoms with E-state index < -0.39 is 0 Å². The first-order valence-corrected chi connectivity index (χ1v) is 9.51. The molecule has 1 N–H and O–H groups in total. The Balaban J connectivity index is 1.55. The van der Waals surface area contributed by atoms with Crippen molar-refractivity contribution in [1.29, 1.82) is 0 Å². The molecule has 5 heteroatoms. The highest BCUT2D eigenvalue weighted by Crippen LogP contribution is 2.41. The number of carbonyl (C=O) groups is 1. The highest BCUT2D eigenvalue weighted by Gasteiger charge is 2.46. The van der Waals surface area contributed by atoms with Crippen LogP contribution in [0.3, 0.4) is 0 Å². The molecule has 0 aliphatic carbocycles. The highest BCUT2D eigenvalue weighted by molar-refractivity contribution is 5.80. The Morgan fingerprint density at radius 1 is 1.20 bits per heavy atom. The van der Waals surface area contributed by atoms with Crippen molar-refractivity contribution in [2.24, 2.45) is 11.8 Å². The summed E-state index contributed by atoms with van der Waals surface area (Å²) in [7, 11) is 1.69. The van der Waals surface area contributed by atoms with E-state index in [0.717, 1.165) is 57.9 Å². The third kappa shape index (κ3) is 3.27. The van der Waals surface area contributed by atoms with E-state index >= 15 is 0 Å². The molecule has 1 aromatic carbocycles. The van der Waals surface area contributed by atoms with Gasteiger partial charge in [-0.2, -0.15) is 0 Å². The molecular formula is C20H28N2O3. The van der Waals surface area contributed by atoms with Crippen molar-refractivity contribution in [3.05, 3.63) is 29.8 Å². The van der Waals surface area contributed by atoms with Crippen LogP contribution in [0.25, 0.3) is 0 Å². The number of nitrogens with zero attached hydrogens (tertiary/aromatic N) is 1. The van der Waals surface area contributed by atoms with Crippen LogP contribution >= 0.6 is 0 Å². The van der Waals surface area contributed by atoms with Crippen molar-refractivity contribution in [1.82, 2.24) is 10.2 Å². The summed E-state index contributed by atoms with van der Waals surface area (Å²) in [6.07, 6.45) is 2.81. The van der Waals surface area contributed by atoms with Crippen LogP contribution < -0.4 is 10.1 Å². The zero-order valence-corrected chi connectivity index (χ0v) is 14.9. The molecule has 3 heterocycles. The van der Waals surface area contributed by atoms with Gasteiger partial charge in [-0.3, -0.25) is 4.79 Å². The van der Waals surface area contributed by atoms with E-state index in [1.165, 1.54) is 5.56 Å². The topological polar surface area (TPSA) is 50.8 Å². The first kappa shape index (κ1) is 16.9. The van der Waals surface area contributed by atoms with Crippen molar-refractivity contribution in [3.8, 4) is 5.75 Å². The standard InChI is InChI=1S/C20H28N2O3/c1-24-16-4-2-14(3-5-16)18-13-22(19-6-9-21-12-17(18)19)20(23)15-7-10-25-11-8-15/h2-5,15,17-19,21H,6-13H2,1H3/t17-,18-,19-/m1/s1. The predicted octanol–water partition coefficient (Wildman–Crippen LogP) is 2.03. The summed E-state index contributed by atoms with van der Waals surface area (Å²) >= 11 is 0. The van der Waals surface area contributed by atoms with E-state index in [0.29, 0.717) is 23.8 Å². The van der Waals surface area contributed by atoms with Crippen molar-refractivity contribution in [2.45, 2.75) is 31.2 Å². The maximum absolute atomic E-state index is 13.2. The van der Waals surface area contributed by atoms with Gasteiger partial charge in [0.2, 0.25) is 5.91 Å². The lowest BCUT2D eigenvalue weighted by atomic mass is 9.82. The third-order valence-corrected chi connectivity index (χ3v) is 6.20. The van der Waals surface area contributed by atoms with Crippen molar-refractivity contribution in [3.63, 3.8) is 0 Å². The van der Waals surface area contributed by atoms with Gasteiger partial charge in [-0.15, -0.1) is 0 Å². The molecule has 4 rings (SSSR count). The van der Waals surface area contributed by atoms with Gasteiger partial charge in [0.25, 0.3) is 0 Å². The number of amides is 1. The van der Waals surface area contributed by atoms with Crippen LogP contribution in [0.4, 0.5) is 0 Å². The second kappa shape index (κ2) is 7.34. The van der Waals surface area contributed by atoms with E-state index in [1.54, 1.807) is 7.11 Å². The number of fused-ring (bicyclic) bond motifs is 1. The van der Waals surface area contributed by atoms with Gasteiger partial charge in [0.1, 0.15) is 5.75 Å². The van der Waals surface area contributed by atoms with Crippen LogP contribution in [-0.4, -0.2) is 56.8 Å². The number of carbonyl (C=O) groups excluding carboxylic acids is 1. The molecule has 3 aliphatic heterocycles. The molecule has 0 unspecified atom stereocenters. The molecule has 0 aromatic heterocycles. The zero-order chi connectivity index (χ0) is 17.2. The number of ether oxygens (including phenoxy) is 2. The molecule has 0 bridgehead atoms. The lowest BCUT2D eigenvalue weighted by molar-refractivity contribution is -0.140. The van der Waals surface area contributed by atoms with Gasteiger partial charge in [0.05, 0.1) is 7.11 Å². The van der Waals surface area contributed by atoms with Crippen LogP contribution in [-0.2, 0) is 9.53 Å². The zero-order valence-electron chi connectivity index (χ0n) is 14.9. The second-order valence-electron chi connectivity index (χ2n) is 7.48. The van der Waals surface area contributed by atoms with Crippen molar-refractivity contribution in [2.75, 3.05) is 40.0 Å². The fraction of sp³-hybridized carbons (Fsp3) is 0.650. The number of rotatable bonds is 3. The van der Waals surface area contributed by atoms with Gasteiger partial charge in [0, 0.05) is 50.1 Å². The summed E-state index contributed by atoms with van der Waals surface area (Å²) in [5.41, 5.74) is 1.32. The van der Waals surface area contributed by atoms with Crippen LogP contribution in [0.15, 0.2) is 24.3 Å². The fourth-order valence-corrected chi connectivity index (χ4v) is 4.79. The monoisotopic (exact) mass is 344 g/mol. The first-order valence-electron chi connectivity index (χ1n) is 9.51. The van der Waals surface area contributed by atoms with E-state index in [4.69, 9.17) is 9.47 Å². The maximum Gasteiger partial charge on any atom is 0.226 e. The number of hydrogen-bond acceptors (Lipinski definition) is 4.